The van der Waals surface area contributed by atoms with E-state index in [1.165, 1.54) is 0 Å². The number of rotatable bonds is 36. The predicted octanol–water partition coefficient (Wildman–Crippen LogP) is 13.8. The van der Waals surface area contributed by atoms with Crippen LogP contribution in [-0.4, -0.2) is 37.2 Å². The molecule has 1 unspecified atom stereocenters. The average molecular weight is 773 g/mol. The molecule has 0 saturated heterocycles. The summed E-state index contributed by atoms with van der Waals surface area (Å²) < 4.78 is 16.6. The Hall–Kier alpha value is -4.19. The second-order valence-corrected chi connectivity index (χ2v) is 13.6. The lowest BCUT2D eigenvalue weighted by Crippen LogP contribution is -2.30. The minimum atomic E-state index is -0.821. The van der Waals surface area contributed by atoms with E-state index in [2.05, 4.69) is 69.4 Å². The smallest absolute Gasteiger partial charge is 0.306 e. The molecule has 0 bridgehead atoms. The van der Waals surface area contributed by atoms with Crippen molar-refractivity contribution in [2.24, 2.45) is 0 Å². The molecule has 6 heteroatoms. The van der Waals surface area contributed by atoms with Crippen LogP contribution < -0.4 is 0 Å². The maximum absolute atomic E-state index is 12.7. The van der Waals surface area contributed by atoms with E-state index in [1.54, 1.807) is 0 Å². The van der Waals surface area contributed by atoms with Gasteiger partial charge in [0.15, 0.2) is 6.10 Å². The molecular formula is C50H76O6. The standard InChI is InChI=1S/C50H76O6/c1-4-7-10-13-16-19-22-25-28-31-34-37-40-43-49(52)55-46-47(45-54-48(51)42-39-36-33-30-27-24-21-18-15-12-9-6-3)56-50(53)44-41-38-35-32-29-26-23-20-17-14-11-8-5-2/h7-14,16-23,25-26,28-29,47H,4-6,15,24,27,30-46H2,1-3H3/b10-7-,11-8-,12-9-,16-13-,17-14-,21-18-,22-19-,23-20-,28-25-,29-26-. The number of carbonyl (C=O) groups is 3. The first-order valence-electron chi connectivity index (χ1n) is 21.6. The zero-order valence-corrected chi connectivity index (χ0v) is 35.3. The first-order valence-corrected chi connectivity index (χ1v) is 21.6. The van der Waals surface area contributed by atoms with E-state index in [-0.39, 0.29) is 37.5 Å². The summed E-state index contributed by atoms with van der Waals surface area (Å²) in [6.45, 7) is 6.12. The van der Waals surface area contributed by atoms with E-state index in [1.807, 2.05) is 72.9 Å². The Morgan fingerprint density at radius 1 is 0.375 bits per heavy atom. The van der Waals surface area contributed by atoms with Gasteiger partial charge in [0.2, 0.25) is 0 Å². The Labute approximate surface area is 342 Å². The van der Waals surface area contributed by atoms with Gasteiger partial charge >= 0.3 is 17.9 Å². The molecule has 0 aromatic carbocycles. The second kappa shape index (κ2) is 43.5. The number of hydrogen-bond acceptors (Lipinski definition) is 6. The van der Waals surface area contributed by atoms with Crippen molar-refractivity contribution in [3.05, 3.63) is 122 Å². The summed E-state index contributed by atoms with van der Waals surface area (Å²) in [5, 5.41) is 0. The molecule has 0 radical (unpaired) electrons. The molecule has 6 nitrogen and oxygen atoms in total. The predicted molar refractivity (Wildman–Crippen MR) is 237 cm³/mol. The van der Waals surface area contributed by atoms with Gasteiger partial charge in [-0.25, -0.2) is 0 Å². The van der Waals surface area contributed by atoms with Crippen LogP contribution in [0, 0.1) is 0 Å². The molecule has 0 aliphatic heterocycles. The molecule has 0 rings (SSSR count). The van der Waals surface area contributed by atoms with Crippen LogP contribution in [0.15, 0.2) is 122 Å². The van der Waals surface area contributed by atoms with Crippen LogP contribution in [0.25, 0.3) is 0 Å². The van der Waals surface area contributed by atoms with Crippen LogP contribution in [0.1, 0.15) is 156 Å². The lowest BCUT2D eigenvalue weighted by molar-refractivity contribution is -0.167. The number of hydrogen-bond donors (Lipinski definition) is 0. The highest BCUT2D eigenvalue weighted by Gasteiger charge is 2.19. The zero-order chi connectivity index (χ0) is 40.8. The maximum atomic E-state index is 12.7. The molecule has 0 aliphatic rings. The van der Waals surface area contributed by atoms with Crippen LogP contribution in [0.2, 0.25) is 0 Å². The van der Waals surface area contributed by atoms with Crippen molar-refractivity contribution in [2.45, 2.75) is 162 Å². The number of allylic oxidation sites excluding steroid dienone is 20. The summed E-state index contributed by atoms with van der Waals surface area (Å²) in [6.07, 6.45) is 59.0. The van der Waals surface area contributed by atoms with E-state index < -0.39 is 6.10 Å². The number of carbonyl (C=O) groups excluding carboxylic acids is 3. The van der Waals surface area contributed by atoms with Crippen molar-refractivity contribution in [2.75, 3.05) is 13.2 Å². The molecule has 56 heavy (non-hydrogen) atoms. The van der Waals surface area contributed by atoms with E-state index in [0.29, 0.717) is 19.3 Å². The fourth-order valence-electron chi connectivity index (χ4n) is 5.20. The summed E-state index contributed by atoms with van der Waals surface area (Å²) in [5.74, 6) is -1.03. The van der Waals surface area contributed by atoms with Crippen molar-refractivity contribution in [3.8, 4) is 0 Å². The van der Waals surface area contributed by atoms with Gasteiger partial charge in [-0.3, -0.25) is 14.4 Å². The third kappa shape index (κ3) is 41.0. The molecule has 1 atom stereocenters. The zero-order valence-electron chi connectivity index (χ0n) is 35.3. The van der Waals surface area contributed by atoms with Crippen LogP contribution in [0.5, 0.6) is 0 Å². The Bertz CT molecular complexity index is 1260. The van der Waals surface area contributed by atoms with Crippen molar-refractivity contribution in [1.82, 2.24) is 0 Å². The van der Waals surface area contributed by atoms with Crippen molar-refractivity contribution in [1.29, 1.82) is 0 Å². The van der Waals surface area contributed by atoms with E-state index in [0.717, 1.165) is 109 Å². The molecule has 0 aliphatic carbocycles. The fraction of sp³-hybridized carbons (Fsp3) is 0.540. The number of ether oxygens (including phenoxy) is 3. The highest BCUT2D eigenvalue weighted by molar-refractivity contribution is 5.71. The quantitative estimate of drug-likeness (QED) is 0.0207. The molecule has 0 spiro atoms. The first-order chi connectivity index (χ1) is 27.5. The molecule has 312 valence electrons. The lowest BCUT2D eigenvalue weighted by Gasteiger charge is -2.18. The van der Waals surface area contributed by atoms with Gasteiger partial charge in [-0.05, 0) is 83.5 Å². The van der Waals surface area contributed by atoms with Crippen LogP contribution in [-0.2, 0) is 28.6 Å². The van der Waals surface area contributed by atoms with Crippen molar-refractivity contribution >= 4 is 17.9 Å². The minimum absolute atomic E-state index is 0.119. The molecule has 0 aromatic heterocycles. The maximum Gasteiger partial charge on any atom is 0.306 e. The summed E-state index contributed by atoms with van der Waals surface area (Å²) >= 11 is 0. The molecule has 0 saturated carbocycles. The Morgan fingerprint density at radius 3 is 1.21 bits per heavy atom. The monoisotopic (exact) mass is 773 g/mol. The molecule has 0 aromatic rings. The highest BCUT2D eigenvalue weighted by atomic mass is 16.6. The normalized spacial score (nSPS) is 13.3. The Kier molecular flexibility index (Phi) is 40.3. The Balaban J connectivity index is 4.58. The van der Waals surface area contributed by atoms with E-state index in [4.69, 9.17) is 14.2 Å². The molecule has 0 fully saturated rings. The second-order valence-electron chi connectivity index (χ2n) is 13.6. The summed E-state index contributed by atoms with van der Waals surface area (Å²) in [4.78, 5) is 37.7. The van der Waals surface area contributed by atoms with Gasteiger partial charge in [-0.15, -0.1) is 0 Å². The molecule has 0 N–H and O–H groups in total. The number of unbranched alkanes of at least 4 members (excludes halogenated alkanes) is 11. The lowest BCUT2D eigenvalue weighted by atomic mass is 10.1. The Morgan fingerprint density at radius 2 is 0.732 bits per heavy atom. The highest BCUT2D eigenvalue weighted by Crippen LogP contribution is 2.11. The van der Waals surface area contributed by atoms with Gasteiger partial charge in [0.1, 0.15) is 13.2 Å². The van der Waals surface area contributed by atoms with Crippen LogP contribution in [0.3, 0.4) is 0 Å². The largest absolute Gasteiger partial charge is 0.462 e. The van der Waals surface area contributed by atoms with E-state index in [9.17, 15) is 14.4 Å². The third-order valence-corrected chi connectivity index (χ3v) is 8.38. The topological polar surface area (TPSA) is 78.9 Å². The number of esters is 3. The third-order valence-electron chi connectivity index (χ3n) is 8.38. The summed E-state index contributed by atoms with van der Waals surface area (Å²) in [6, 6.07) is 0. The van der Waals surface area contributed by atoms with E-state index >= 15 is 0 Å². The van der Waals surface area contributed by atoms with Gasteiger partial charge in [-0.2, -0.15) is 0 Å². The first kappa shape index (κ1) is 51.8. The van der Waals surface area contributed by atoms with Crippen LogP contribution >= 0.6 is 0 Å². The van der Waals surface area contributed by atoms with Gasteiger partial charge in [-0.1, -0.05) is 174 Å². The van der Waals surface area contributed by atoms with Gasteiger partial charge in [0, 0.05) is 19.3 Å². The van der Waals surface area contributed by atoms with Gasteiger partial charge in [0.05, 0.1) is 0 Å². The fourth-order valence-corrected chi connectivity index (χ4v) is 5.20. The minimum Gasteiger partial charge on any atom is -0.462 e. The summed E-state index contributed by atoms with van der Waals surface area (Å²) in [7, 11) is 0. The van der Waals surface area contributed by atoms with Crippen molar-refractivity contribution in [3.63, 3.8) is 0 Å². The van der Waals surface area contributed by atoms with Gasteiger partial charge in [0.25, 0.3) is 0 Å². The van der Waals surface area contributed by atoms with Crippen LogP contribution in [0.4, 0.5) is 0 Å². The molecule has 0 heterocycles. The summed E-state index contributed by atoms with van der Waals surface area (Å²) in [5.41, 5.74) is 0. The SMILES string of the molecule is CC\C=C/C=C\C=C/C=C\CCCCCC(=O)OCC(COC(=O)CCCCCCC/C=C\C/C=C\CC)OC(=O)CCCCC\C=C/C=C\C=C/C=C\CC. The van der Waals surface area contributed by atoms with Crippen molar-refractivity contribution < 1.29 is 28.6 Å². The average Bonchev–Trinajstić information content (AvgIpc) is 3.19. The molecular weight excluding hydrogens is 697 g/mol. The molecule has 0 amide bonds. The van der Waals surface area contributed by atoms with Gasteiger partial charge < -0.3 is 14.2 Å².